The lowest BCUT2D eigenvalue weighted by molar-refractivity contribution is 0.0574. The standard InChI is InChI=1S/C12H21NO/c1-4-6-10(2)13-11-7-5-8-12(9-11)14-3/h1,10-13H,5-9H2,2-3H3. The predicted octanol–water partition coefficient (Wildman–Crippen LogP) is 1.95. The number of nitrogens with one attached hydrogen (secondary N) is 1. The Kier molecular flexibility index (Phi) is 5.00. The van der Waals surface area contributed by atoms with Crippen molar-refractivity contribution in [3.63, 3.8) is 0 Å². The van der Waals surface area contributed by atoms with Crippen molar-refractivity contribution in [3.05, 3.63) is 0 Å². The van der Waals surface area contributed by atoms with Gasteiger partial charge in [0.2, 0.25) is 0 Å². The molecular weight excluding hydrogens is 174 g/mol. The van der Waals surface area contributed by atoms with Gasteiger partial charge in [0, 0.05) is 25.6 Å². The fourth-order valence-electron chi connectivity index (χ4n) is 2.15. The summed E-state index contributed by atoms with van der Waals surface area (Å²) < 4.78 is 5.38. The second-order valence-corrected chi connectivity index (χ2v) is 4.20. The lowest BCUT2D eigenvalue weighted by Gasteiger charge is -2.30. The highest BCUT2D eigenvalue weighted by atomic mass is 16.5. The van der Waals surface area contributed by atoms with Crippen LogP contribution >= 0.6 is 0 Å². The molecular formula is C12H21NO. The molecule has 3 atom stereocenters. The molecule has 80 valence electrons. The number of ether oxygens (including phenoxy) is 1. The number of hydrogen-bond donors (Lipinski definition) is 1. The van der Waals surface area contributed by atoms with Gasteiger partial charge in [0.15, 0.2) is 0 Å². The van der Waals surface area contributed by atoms with Crippen LogP contribution in [0.4, 0.5) is 0 Å². The average Bonchev–Trinajstić information content (AvgIpc) is 2.18. The third-order valence-corrected chi connectivity index (χ3v) is 2.90. The van der Waals surface area contributed by atoms with E-state index in [1.807, 2.05) is 0 Å². The van der Waals surface area contributed by atoms with Crippen LogP contribution in [0.25, 0.3) is 0 Å². The number of terminal acetylenes is 1. The first-order valence-electron chi connectivity index (χ1n) is 5.48. The lowest BCUT2D eigenvalue weighted by atomic mass is 9.92. The van der Waals surface area contributed by atoms with E-state index in [0.717, 1.165) is 12.8 Å². The monoisotopic (exact) mass is 195 g/mol. The predicted molar refractivity (Wildman–Crippen MR) is 59.1 cm³/mol. The topological polar surface area (TPSA) is 21.3 Å². The van der Waals surface area contributed by atoms with Crippen LogP contribution in [-0.2, 0) is 4.74 Å². The molecule has 1 saturated carbocycles. The molecule has 0 heterocycles. The second-order valence-electron chi connectivity index (χ2n) is 4.20. The van der Waals surface area contributed by atoms with Gasteiger partial charge in [0.1, 0.15) is 0 Å². The van der Waals surface area contributed by atoms with E-state index in [1.54, 1.807) is 7.11 Å². The summed E-state index contributed by atoms with van der Waals surface area (Å²) >= 11 is 0. The van der Waals surface area contributed by atoms with Gasteiger partial charge in [-0.2, -0.15) is 0 Å². The van der Waals surface area contributed by atoms with E-state index in [1.165, 1.54) is 19.3 Å². The molecule has 1 aliphatic rings. The first-order chi connectivity index (χ1) is 6.76. The van der Waals surface area contributed by atoms with Crippen molar-refractivity contribution in [2.24, 2.45) is 0 Å². The molecule has 1 N–H and O–H groups in total. The lowest BCUT2D eigenvalue weighted by Crippen LogP contribution is -2.41. The molecule has 0 amide bonds. The molecule has 0 aromatic heterocycles. The van der Waals surface area contributed by atoms with Gasteiger partial charge in [-0.15, -0.1) is 12.3 Å². The van der Waals surface area contributed by atoms with Crippen LogP contribution < -0.4 is 5.32 Å². The maximum Gasteiger partial charge on any atom is 0.0586 e. The molecule has 0 radical (unpaired) electrons. The number of rotatable bonds is 4. The molecule has 0 spiro atoms. The van der Waals surface area contributed by atoms with E-state index < -0.39 is 0 Å². The normalized spacial score (nSPS) is 29.5. The van der Waals surface area contributed by atoms with Crippen molar-refractivity contribution in [2.45, 2.75) is 57.2 Å². The Morgan fingerprint density at radius 3 is 3.00 bits per heavy atom. The minimum atomic E-state index is 0.431. The van der Waals surface area contributed by atoms with Gasteiger partial charge < -0.3 is 10.1 Å². The van der Waals surface area contributed by atoms with Gasteiger partial charge in [-0.25, -0.2) is 0 Å². The van der Waals surface area contributed by atoms with Crippen molar-refractivity contribution in [3.8, 4) is 12.3 Å². The Bertz CT molecular complexity index is 197. The van der Waals surface area contributed by atoms with Gasteiger partial charge in [-0.05, 0) is 32.6 Å². The zero-order valence-corrected chi connectivity index (χ0v) is 9.25. The fraction of sp³-hybridized carbons (Fsp3) is 0.833. The summed E-state index contributed by atoms with van der Waals surface area (Å²) in [6, 6.07) is 1.03. The van der Waals surface area contributed by atoms with E-state index in [9.17, 15) is 0 Å². The van der Waals surface area contributed by atoms with E-state index >= 15 is 0 Å². The maximum absolute atomic E-state index is 5.38. The third kappa shape index (κ3) is 3.69. The molecule has 1 fully saturated rings. The summed E-state index contributed by atoms with van der Waals surface area (Å²) in [5.74, 6) is 2.69. The van der Waals surface area contributed by atoms with E-state index in [2.05, 4.69) is 18.2 Å². The van der Waals surface area contributed by atoms with Gasteiger partial charge >= 0.3 is 0 Å². The quantitative estimate of drug-likeness (QED) is 0.692. The molecule has 1 rings (SSSR count). The molecule has 0 aromatic rings. The first kappa shape index (κ1) is 11.6. The van der Waals surface area contributed by atoms with Crippen molar-refractivity contribution >= 4 is 0 Å². The summed E-state index contributed by atoms with van der Waals surface area (Å²) in [5, 5.41) is 3.56. The maximum atomic E-state index is 5.38. The molecule has 0 aliphatic heterocycles. The van der Waals surface area contributed by atoms with Crippen LogP contribution in [0.15, 0.2) is 0 Å². The molecule has 2 heteroatoms. The van der Waals surface area contributed by atoms with Crippen LogP contribution in [0.1, 0.15) is 39.0 Å². The zero-order valence-electron chi connectivity index (χ0n) is 9.25. The Hall–Kier alpha value is -0.520. The highest BCUT2D eigenvalue weighted by molar-refractivity contribution is 4.90. The zero-order chi connectivity index (χ0) is 10.4. The number of hydrogen-bond acceptors (Lipinski definition) is 2. The van der Waals surface area contributed by atoms with Crippen LogP contribution in [0.3, 0.4) is 0 Å². The summed E-state index contributed by atoms with van der Waals surface area (Å²) in [6.07, 6.45) is 11.4. The first-order valence-corrected chi connectivity index (χ1v) is 5.48. The van der Waals surface area contributed by atoms with Crippen molar-refractivity contribution in [1.82, 2.24) is 5.32 Å². The average molecular weight is 195 g/mol. The molecule has 0 bridgehead atoms. The Balaban J connectivity index is 2.27. The van der Waals surface area contributed by atoms with Gasteiger partial charge in [0.25, 0.3) is 0 Å². The van der Waals surface area contributed by atoms with Crippen LogP contribution in [0, 0.1) is 12.3 Å². The smallest absolute Gasteiger partial charge is 0.0586 e. The molecule has 14 heavy (non-hydrogen) atoms. The Labute approximate surface area is 87.4 Å². The van der Waals surface area contributed by atoms with E-state index in [0.29, 0.717) is 18.2 Å². The summed E-state index contributed by atoms with van der Waals surface area (Å²) in [5.41, 5.74) is 0. The second kappa shape index (κ2) is 6.06. The van der Waals surface area contributed by atoms with E-state index in [4.69, 9.17) is 11.2 Å². The summed E-state index contributed by atoms with van der Waals surface area (Å²) in [4.78, 5) is 0. The summed E-state index contributed by atoms with van der Waals surface area (Å²) in [7, 11) is 1.80. The minimum Gasteiger partial charge on any atom is -0.381 e. The molecule has 2 nitrogen and oxygen atoms in total. The van der Waals surface area contributed by atoms with Crippen LogP contribution in [0.2, 0.25) is 0 Å². The van der Waals surface area contributed by atoms with E-state index in [-0.39, 0.29) is 0 Å². The molecule has 0 saturated heterocycles. The Morgan fingerprint density at radius 1 is 1.57 bits per heavy atom. The third-order valence-electron chi connectivity index (χ3n) is 2.90. The highest BCUT2D eigenvalue weighted by Gasteiger charge is 2.22. The number of methoxy groups -OCH3 is 1. The van der Waals surface area contributed by atoms with Crippen LogP contribution in [-0.4, -0.2) is 25.3 Å². The van der Waals surface area contributed by atoms with Crippen molar-refractivity contribution in [1.29, 1.82) is 0 Å². The summed E-state index contributed by atoms with van der Waals surface area (Å²) in [6.45, 7) is 2.15. The molecule has 1 aliphatic carbocycles. The van der Waals surface area contributed by atoms with Gasteiger partial charge in [-0.3, -0.25) is 0 Å². The minimum absolute atomic E-state index is 0.431. The van der Waals surface area contributed by atoms with Crippen molar-refractivity contribution in [2.75, 3.05) is 7.11 Å². The van der Waals surface area contributed by atoms with Crippen LogP contribution in [0.5, 0.6) is 0 Å². The highest BCUT2D eigenvalue weighted by Crippen LogP contribution is 2.21. The molecule has 0 aromatic carbocycles. The van der Waals surface area contributed by atoms with Crippen molar-refractivity contribution < 1.29 is 4.74 Å². The largest absolute Gasteiger partial charge is 0.381 e. The van der Waals surface area contributed by atoms with Gasteiger partial charge in [-0.1, -0.05) is 0 Å². The fourth-order valence-corrected chi connectivity index (χ4v) is 2.15. The SMILES string of the molecule is C#CCC(C)NC1CCCC(OC)C1. The van der Waals surface area contributed by atoms with Gasteiger partial charge in [0.05, 0.1) is 6.10 Å². The molecule has 3 unspecified atom stereocenters. The Morgan fingerprint density at radius 2 is 2.36 bits per heavy atom.